The average Bonchev–Trinajstić information content (AvgIpc) is 3.09. The predicted octanol–water partition coefficient (Wildman–Crippen LogP) is 3.55. The number of likely N-dealkylation sites (tertiary alicyclic amines) is 1. The zero-order chi connectivity index (χ0) is 14.8. The lowest BCUT2D eigenvalue weighted by Gasteiger charge is -2.13. The van der Waals surface area contributed by atoms with Crippen molar-refractivity contribution >= 4 is 34.1 Å². The van der Waals surface area contributed by atoms with E-state index in [1.54, 1.807) is 0 Å². The minimum absolute atomic E-state index is 0.595. The first-order valence-electron chi connectivity index (χ1n) is 7.59. The van der Waals surface area contributed by atoms with Crippen LogP contribution in [0.5, 0.6) is 0 Å². The van der Waals surface area contributed by atoms with Crippen LogP contribution in [0.25, 0.3) is 10.9 Å². The van der Waals surface area contributed by atoms with E-state index >= 15 is 0 Å². The molecule has 1 saturated heterocycles. The van der Waals surface area contributed by atoms with E-state index in [2.05, 4.69) is 21.7 Å². The second kappa shape index (κ2) is 6.57. The maximum atomic E-state index is 6.40. The number of hydrogen-bond acceptors (Lipinski definition) is 2. The molecule has 2 heterocycles. The number of hydrogen-bond donors (Lipinski definition) is 1. The normalized spacial score (nSPS) is 16.1. The van der Waals surface area contributed by atoms with Crippen LogP contribution in [0.4, 0.5) is 0 Å². The third-order valence-electron chi connectivity index (χ3n) is 4.28. The maximum absolute atomic E-state index is 6.40. The molecule has 1 aliphatic heterocycles. The monoisotopic (exact) mass is 325 g/mol. The SMILES string of the molecule is NCCn1cc(CCN2CCCC2)c2ccc(Cl)c(Cl)c21. The molecular formula is C16H21Cl2N3. The Labute approximate surface area is 135 Å². The van der Waals surface area contributed by atoms with Crippen LogP contribution in [0.2, 0.25) is 10.0 Å². The van der Waals surface area contributed by atoms with Crippen molar-refractivity contribution in [1.29, 1.82) is 0 Å². The molecule has 1 fully saturated rings. The Morgan fingerprint density at radius 3 is 2.57 bits per heavy atom. The van der Waals surface area contributed by atoms with Crippen LogP contribution in [-0.4, -0.2) is 35.6 Å². The maximum Gasteiger partial charge on any atom is 0.0835 e. The molecule has 3 rings (SSSR count). The van der Waals surface area contributed by atoms with Gasteiger partial charge in [0, 0.05) is 31.2 Å². The molecule has 5 heteroatoms. The fraction of sp³-hybridized carbons (Fsp3) is 0.500. The van der Waals surface area contributed by atoms with Crippen molar-refractivity contribution in [3.05, 3.63) is 33.9 Å². The molecule has 0 unspecified atom stereocenters. The standard InChI is InChI=1S/C16H21Cl2N3/c17-14-4-3-13-12(5-9-20-7-1-2-8-20)11-21(10-6-19)16(13)15(14)18/h3-4,11H,1-2,5-10,19H2. The van der Waals surface area contributed by atoms with E-state index in [0.717, 1.165) is 25.0 Å². The van der Waals surface area contributed by atoms with Crippen LogP contribution < -0.4 is 5.73 Å². The van der Waals surface area contributed by atoms with Gasteiger partial charge in [-0.2, -0.15) is 0 Å². The van der Waals surface area contributed by atoms with E-state index in [1.807, 2.05) is 6.07 Å². The summed E-state index contributed by atoms with van der Waals surface area (Å²) >= 11 is 12.6. The fourth-order valence-electron chi connectivity index (χ4n) is 3.20. The summed E-state index contributed by atoms with van der Waals surface area (Å²) < 4.78 is 2.14. The van der Waals surface area contributed by atoms with E-state index < -0.39 is 0 Å². The number of nitrogens with two attached hydrogens (primary N) is 1. The number of nitrogens with zero attached hydrogens (tertiary/aromatic N) is 2. The second-order valence-corrected chi connectivity index (χ2v) is 6.48. The van der Waals surface area contributed by atoms with Crippen molar-refractivity contribution in [3.63, 3.8) is 0 Å². The average molecular weight is 326 g/mol. The van der Waals surface area contributed by atoms with E-state index in [9.17, 15) is 0 Å². The Kier molecular flexibility index (Phi) is 4.75. The lowest BCUT2D eigenvalue weighted by Crippen LogP contribution is -2.21. The van der Waals surface area contributed by atoms with Crippen molar-refractivity contribution in [2.24, 2.45) is 5.73 Å². The predicted molar refractivity (Wildman–Crippen MR) is 90.4 cm³/mol. The molecule has 1 aromatic heterocycles. The fourth-order valence-corrected chi connectivity index (χ4v) is 3.63. The minimum Gasteiger partial charge on any atom is -0.345 e. The van der Waals surface area contributed by atoms with Gasteiger partial charge in [0.15, 0.2) is 0 Å². The summed E-state index contributed by atoms with van der Waals surface area (Å²) in [6.07, 6.45) is 5.90. The van der Waals surface area contributed by atoms with Crippen LogP contribution in [0.3, 0.4) is 0 Å². The molecule has 0 aliphatic carbocycles. The number of fused-ring (bicyclic) bond motifs is 1. The quantitative estimate of drug-likeness (QED) is 0.912. The second-order valence-electron chi connectivity index (χ2n) is 5.69. The molecule has 0 amide bonds. The molecule has 2 N–H and O–H groups in total. The first-order valence-corrected chi connectivity index (χ1v) is 8.34. The van der Waals surface area contributed by atoms with Gasteiger partial charge in [0.25, 0.3) is 0 Å². The van der Waals surface area contributed by atoms with Gasteiger partial charge < -0.3 is 15.2 Å². The topological polar surface area (TPSA) is 34.2 Å². The summed E-state index contributed by atoms with van der Waals surface area (Å²) in [5, 5.41) is 2.44. The van der Waals surface area contributed by atoms with Gasteiger partial charge in [0.2, 0.25) is 0 Å². The van der Waals surface area contributed by atoms with Crippen LogP contribution in [-0.2, 0) is 13.0 Å². The highest BCUT2D eigenvalue weighted by atomic mass is 35.5. The van der Waals surface area contributed by atoms with Gasteiger partial charge in [-0.05, 0) is 44.0 Å². The van der Waals surface area contributed by atoms with Gasteiger partial charge in [-0.1, -0.05) is 29.3 Å². The third-order valence-corrected chi connectivity index (χ3v) is 5.07. The molecule has 0 atom stereocenters. The van der Waals surface area contributed by atoms with Gasteiger partial charge in [-0.25, -0.2) is 0 Å². The first-order chi connectivity index (χ1) is 10.2. The zero-order valence-electron chi connectivity index (χ0n) is 12.1. The van der Waals surface area contributed by atoms with Gasteiger partial charge in [-0.15, -0.1) is 0 Å². The molecule has 21 heavy (non-hydrogen) atoms. The lowest BCUT2D eigenvalue weighted by atomic mass is 10.1. The summed E-state index contributed by atoms with van der Waals surface area (Å²) in [7, 11) is 0. The van der Waals surface area contributed by atoms with E-state index in [0.29, 0.717) is 16.6 Å². The highest BCUT2D eigenvalue weighted by molar-refractivity contribution is 6.45. The molecule has 2 aromatic rings. The van der Waals surface area contributed by atoms with E-state index in [-0.39, 0.29) is 0 Å². The number of halogens is 2. The Morgan fingerprint density at radius 2 is 1.86 bits per heavy atom. The molecule has 0 spiro atoms. The van der Waals surface area contributed by atoms with Crippen molar-refractivity contribution in [2.45, 2.75) is 25.8 Å². The summed E-state index contributed by atoms with van der Waals surface area (Å²) in [4.78, 5) is 2.53. The smallest absolute Gasteiger partial charge is 0.0835 e. The summed E-state index contributed by atoms with van der Waals surface area (Å²) in [5.41, 5.74) is 8.07. The molecule has 0 saturated carbocycles. The Hall–Kier alpha value is -0.740. The molecule has 114 valence electrons. The Balaban J connectivity index is 1.92. The minimum atomic E-state index is 0.595. The molecule has 1 aromatic carbocycles. The molecule has 1 aliphatic rings. The molecule has 0 radical (unpaired) electrons. The highest BCUT2D eigenvalue weighted by Gasteiger charge is 2.16. The van der Waals surface area contributed by atoms with Gasteiger partial charge >= 0.3 is 0 Å². The van der Waals surface area contributed by atoms with Crippen LogP contribution >= 0.6 is 23.2 Å². The van der Waals surface area contributed by atoms with Gasteiger partial charge in [0.1, 0.15) is 0 Å². The molecule has 0 bridgehead atoms. The number of benzene rings is 1. The Morgan fingerprint density at radius 1 is 1.10 bits per heavy atom. The lowest BCUT2D eigenvalue weighted by molar-refractivity contribution is 0.344. The van der Waals surface area contributed by atoms with Crippen molar-refractivity contribution in [1.82, 2.24) is 9.47 Å². The summed E-state index contributed by atoms with van der Waals surface area (Å²) in [6.45, 7) is 4.93. The third kappa shape index (κ3) is 3.07. The van der Waals surface area contributed by atoms with Crippen molar-refractivity contribution < 1.29 is 0 Å². The van der Waals surface area contributed by atoms with Gasteiger partial charge in [-0.3, -0.25) is 0 Å². The Bertz CT molecular complexity index is 630. The first kappa shape index (κ1) is 15.2. The largest absolute Gasteiger partial charge is 0.345 e. The van der Waals surface area contributed by atoms with E-state index in [4.69, 9.17) is 28.9 Å². The number of aromatic nitrogens is 1. The number of rotatable bonds is 5. The van der Waals surface area contributed by atoms with Crippen molar-refractivity contribution in [2.75, 3.05) is 26.2 Å². The molecular weight excluding hydrogens is 305 g/mol. The summed E-state index contributed by atoms with van der Waals surface area (Å²) in [5.74, 6) is 0. The van der Waals surface area contributed by atoms with Crippen LogP contribution in [0, 0.1) is 0 Å². The van der Waals surface area contributed by atoms with Crippen LogP contribution in [0.1, 0.15) is 18.4 Å². The van der Waals surface area contributed by atoms with Crippen molar-refractivity contribution in [3.8, 4) is 0 Å². The summed E-state index contributed by atoms with van der Waals surface area (Å²) in [6, 6.07) is 3.97. The highest BCUT2D eigenvalue weighted by Crippen LogP contribution is 2.34. The zero-order valence-corrected chi connectivity index (χ0v) is 13.6. The van der Waals surface area contributed by atoms with Crippen LogP contribution in [0.15, 0.2) is 18.3 Å². The molecule has 3 nitrogen and oxygen atoms in total. The van der Waals surface area contributed by atoms with E-state index in [1.165, 1.54) is 36.9 Å². The van der Waals surface area contributed by atoms with Gasteiger partial charge in [0.05, 0.1) is 15.6 Å².